The van der Waals surface area contributed by atoms with Crippen LogP contribution >= 0.6 is 0 Å². The topological polar surface area (TPSA) is 136 Å². The molecule has 0 aromatic heterocycles. The lowest BCUT2D eigenvalue weighted by molar-refractivity contribution is -0.290. The molecule has 5 bridgehead atoms. The van der Waals surface area contributed by atoms with E-state index in [9.17, 15) is 29.4 Å². The average Bonchev–Trinajstić information content (AvgIpc) is 3.15. The predicted molar refractivity (Wildman–Crippen MR) is 115 cm³/mol. The number of esters is 2. The average molecular weight is 475 g/mol. The molecule has 4 aliphatic heterocycles. The first-order valence-electron chi connectivity index (χ1n) is 11.8. The summed E-state index contributed by atoms with van der Waals surface area (Å²) in [4.78, 5) is 52.0. The number of aliphatic hydroxyl groups excluding tert-OH is 2. The van der Waals surface area contributed by atoms with Gasteiger partial charge in [0.2, 0.25) is 0 Å². The largest absolute Gasteiger partial charge is 0.507 e. The Morgan fingerprint density at radius 2 is 1.68 bits per heavy atom. The van der Waals surface area contributed by atoms with E-state index in [1.807, 2.05) is 6.92 Å². The van der Waals surface area contributed by atoms with Gasteiger partial charge in [0.1, 0.15) is 28.8 Å². The molecule has 6 rings (SSSR count). The first-order valence-corrected chi connectivity index (χ1v) is 11.8. The summed E-state index contributed by atoms with van der Waals surface area (Å²) in [6.45, 7) is 8.23. The maximum absolute atomic E-state index is 13.3. The second-order valence-corrected chi connectivity index (χ2v) is 11.0. The lowest BCUT2D eigenvalue weighted by Crippen LogP contribution is -2.72. The first-order chi connectivity index (χ1) is 15.8. The SMILES string of the molecule is CC1=C(O)C(C)(C2CC(=O)C(C)CCC(=O)C3=C4OC5(C)C(C)CC4(OC3=O)C2C5O)OC1=O. The van der Waals surface area contributed by atoms with Gasteiger partial charge < -0.3 is 24.4 Å². The van der Waals surface area contributed by atoms with Crippen molar-refractivity contribution < 1.29 is 43.6 Å². The third-order valence-corrected chi connectivity index (χ3v) is 9.10. The molecule has 0 aromatic rings. The van der Waals surface area contributed by atoms with Crippen molar-refractivity contribution in [3.05, 3.63) is 22.7 Å². The zero-order chi connectivity index (χ0) is 25.0. The van der Waals surface area contributed by atoms with Gasteiger partial charge in [0.25, 0.3) is 0 Å². The number of carbonyl (C=O) groups excluding carboxylic acids is 4. The van der Waals surface area contributed by atoms with Crippen LogP contribution in [0.1, 0.15) is 60.3 Å². The summed E-state index contributed by atoms with van der Waals surface area (Å²) < 4.78 is 17.8. The fraction of sp³-hybridized carbons (Fsp3) is 0.680. The Labute approximate surface area is 197 Å². The van der Waals surface area contributed by atoms with Crippen molar-refractivity contribution in [2.75, 3.05) is 0 Å². The lowest BCUT2D eigenvalue weighted by atomic mass is 9.53. The molecule has 6 aliphatic rings. The number of ketones is 2. The third kappa shape index (κ3) is 2.64. The van der Waals surface area contributed by atoms with Crippen LogP contribution in [0.3, 0.4) is 0 Å². The number of aliphatic hydroxyl groups is 2. The Morgan fingerprint density at radius 1 is 1.00 bits per heavy atom. The van der Waals surface area contributed by atoms with Crippen molar-refractivity contribution in [2.24, 2.45) is 23.7 Å². The molecular weight excluding hydrogens is 444 g/mol. The molecule has 1 saturated carbocycles. The Hall–Kier alpha value is -2.68. The Balaban J connectivity index is 1.78. The van der Waals surface area contributed by atoms with Crippen molar-refractivity contribution in [2.45, 2.75) is 83.2 Å². The highest BCUT2D eigenvalue weighted by molar-refractivity contribution is 6.19. The summed E-state index contributed by atoms with van der Waals surface area (Å²) in [5.74, 6) is -5.05. The van der Waals surface area contributed by atoms with Crippen molar-refractivity contribution in [3.8, 4) is 0 Å². The summed E-state index contributed by atoms with van der Waals surface area (Å²) in [5.41, 5.74) is -4.47. The van der Waals surface area contributed by atoms with Crippen molar-refractivity contribution in [3.63, 3.8) is 0 Å². The fourth-order valence-corrected chi connectivity index (χ4v) is 6.67. The van der Waals surface area contributed by atoms with Crippen molar-refractivity contribution in [1.82, 2.24) is 0 Å². The van der Waals surface area contributed by atoms with Gasteiger partial charge in [-0.15, -0.1) is 0 Å². The number of carbonyl (C=O) groups is 4. The number of rotatable bonds is 1. The van der Waals surface area contributed by atoms with Crippen LogP contribution in [0.5, 0.6) is 0 Å². The molecule has 9 heteroatoms. The molecule has 2 saturated heterocycles. The Kier molecular flexibility index (Phi) is 4.71. The monoisotopic (exact) mass is 474 g/mol. The van der Waals surface area contributed by atoms with Gasteiger partial charge >= 0.3 is 11.9 Å². The van der Waals surface area contributed by atoms with E-state index in [1.165, 1.54) is 13.8 Å². The molecule has 8 unspecified atom stereocenters. The maximum Gasteiger partial charge on any atom is 0.346 e. The Bertz CT molecular complexity index is 1100. The molecule has 1 spiro atoms. The van der Waals surface area contributed by atoms with E-state index in [4.69, 9.17) is 14.2 Å². The van der Waals surface area contributed by atoms with E-state index in [2.05, 4.69) is 0 Å². The van der Waals surface area contributed by atoms with E-state index < -0.39 is 58.4 Å². The molecule has 3 fully saturated rings. The third-order valence-electron chi connectivity index (χ3n) is 9.10. The van der Waals surface area contributed by atoms with Gasteiger partial charge in [-0.05, 0) is 27.2 Å². The van der Waals surface area contributed by atoms with E-state index in [0.717, 1.165) is 0 Å². The number of fused-ring (bicyclic) bond motifs is 1. The Morgan fingerprint density at radius 3 is 2.29 bits per heavy atom. The number of hydrogen-bond acceptors (Lipinski definition) is 9. The van der Waals surface area contributed by atoms with Gasteiger partial charge in [-0.3, -0.25) is 9.59 Å². The van der Waals surface area contributed by atoms with Crippen LogP contribution in [0.25, 0.3) is 0 Å². The van der Waals surface area contributed by atoms with Gasteiger partial charge in [0, 0.05) is 42.9 Å². The molecule has 0 radical (unpaired) electrons. The van der Waals surface area contributed by atoms with Gasteiger partial charge in [-0.25, -0.2) is 9.59 Å². The second-order valence-electron chi connectivity index (χ2n) is 11.0. The van der Waals surface area contributed by atoms with Crippen LogP contribution in [0.2, 0.25) is 0 Å². The van der Waals surface area contributed by atoms with Crippen LogP contribution in [0, 0.1) is 23.7 Å². The molecule has 0 aromatic carbocycles. The summed E-state index contributed by atoms with van der Waals surface area (Å²) in [5, 5.41) is 22.7. The molecular formula is C25H30O9. The summed E-state index contributed by atoms with van der Waals surface area (Å²) >= 11 is 0. The van der Waals surface area contributed by atoms with Gasteiger partial charge in [0.05, 0.1) is 5.57 Å². The summed E-state index contributed by atoms with van der Waals surface area (Å²) in [6, 6.07) is 0. The van der Waals surface area contributed by atoms with Gasteiger partial charge in [0.15, 0.2) is 22.7 Å². The van der Waals surface area contributed by atoms with Crippen LogP contribution in [-0.4, -0.2) is 56.6 Å². The number of cyclic esters (lactones) is 1. The molecule has 34 heavy (non-hydrogen) atoms. The summed E-state index contributed by atoms with van der Waals surface area (Å²) in [7, 11) is 0. The second kappa shape index (κ2) is 6.93. The minimum atomic E-state index is -1.63. The van der Waals surface area contributed by atoms with Crippen LogP contribution in [-0.2, 0) is 33.4 Å². The molecule has 9 nitrogen and oxygen atoms in total. The standard InChI is InChI=1S/C25H30O9/c1-10-6-7-14(26)16-20-25(34-22(16)31)9-11(2)23(4,32-20)19(29)17(25)13(8-15(10)27)24(5)18(28)12(3)21(30)33-24/h10-11,13,17,19,28-29H,6-9H2,1-5H3. The quantitative estimate of drug-likeness (QED) is 0.432. The van der Waals surface area contributed by atoms with E-state index in [1.54, 1.807) is 13.8 Å². The zero-order valence-corrected chi connectivity index (χ0v) is 20.0. The molecule has 4 heterocycles. The maximum atomic E-state index is 13.3. The van der Waals surface area contributed by atoms with Crippen LogP contribution in [0.15, 0.2) is 22.7 Å². The molecule has 2 N–H and O–H groups in total. The summed E-state index contributed by atoms with van der Waals surface area (Å²) in [6.07, 6.45) is -0.928. The smallest absolute Gasteiger partial charge is 0.346 e. The molecule has 2 aliphatic carbocycles. The number of hydrogen-bond donors (Lipinski definition) is 2. The lowest BCUT2D eigenvalue weighted by Gasteiger charge is -2.62. The number of Topliss-reactive ketones (excluding diaryl/α,β-unsaturated/α-hetero) is 2. The molecule has 0 amide bonds. The number of ether oxygens (including phenoxy) is 3. The molecule has 8 atom stereocenters. The molecule has 184 valence electrons. The van der Waals surface area contributed by atoms with Crippen molar-refractivity contribution in [1.29, 1.82) is 0 Å². The highest BCUT2D eigenvalue weighted by Gasteiger charge is 2.75. The van der Waals surface area contributed by atoms with E-state index >= 15 is 0 Å². The minimum Gasteiger partial charge on any atom is -0.507 e. The van der Waals surface area contributed by atoms with Gasteiger partial charge in [-0.1, -0.05) is 13.8 Å². The van der Waals surface area contributed by atoms with E-state index in [-0.39, 0.29) is 60.0 Å². The highest BCUT2D eigenvalue weighted by atomic mass is 16.6. The fourth-order valence-electron chi connectivity index (χ4n) is 6.67. The minimum absolute atomic E-state index is 0.0242. The first kappa shape index (κ1) is 23.1. The normalized spacial score (nSPS) is 46.4. The van der Waals surface area contributed by atoms with Crippen molar-refractivity contribution >= 4 is 23.5 Å². The zero-order valence-electron chi connectivity index (χ0n) is 20.0. The van der Waals surface area contributed by atoms with Gasteiger partial charge in [-0.2, -0.15) is 0 Å². The van der Waals surface area contributed by atoms with Crippen LogP contribution < -0.4 is 0 Å². The highest BCUT2D eigenvalue weighted by Crippen LogP contribution is 2.64. The van der Waals surface area contributed by atoms with Crippen LogP contribution in [0.4, 0.5) is 0 Å². The van der Waals surface area contributed by atoms with E-state index in [0.29, 0.717) is 0 Å². The predicted octanol–water partition coefficient (Wildman–Crippen LogP) is 2.06.